The summed E-state index contributed by atoms with van der Waals surface area (Å²) in [5.74, 6) is 0.963. The first-order valence-corrected chi connectivity index (χ1v) is 8.87. The van der Waals surface area contributed by atoms with Gasteiger partial charge in [0.15, 0.2) is 0 Å². The highest BCUT2D eigenvalue weighted by molar-refractivity contribution is 7.14. The van der Waals surface area contributed by atoms with Gasteiger partial charge in [-0.1, -0.05) is 41.7 Å². The van der Waals surface area contributed by atoms with Crippen LogP contribution >= 0.6 is 11.3 Å². The number of fused-ring (bicyclic) bond motifs is 1. The van der Waals surface area contributed by atoms with Crippen LogP contribution in [0.25, 0.3) is 21.7 Å². The molecule has 1 atom stereocenters. The van der Waals surface area contributed by atoms with E-state index in [-0.39, 0.29) is 6.10 Å². The Morgan fingerprint density at radius 3 is 2.62 bits per heavy atom. The van der Waals surface area contributed by atoms with Gasteiger partial charge in [-0.2, -0.15) is 0 Å². The van der Waals surface area contributed by atoms with E-state index in [1.807, 2.05) is 13.0 Å². The Hall–Kier alpha value is -2.24. The number of hydrogen-bond acceptors (Lipinski definition) is 5. The van der Waals surface area contributed by atoms with Gasteiger partial charge in [0.25, 0.3) is 0 Å². The van der Waals surface area contributed by atoms with E-state index in [0.29, 0.717) is 6.54 Å². The van der Waals surface area contributed by atoms with Crippen LogP contribution in [0.4, 0.5) is 0 Å². The summed E-state index contributed by atoms with van der Waals surface area (Å²) in [7, 11) is 0. The predicted molar refractivity (Wildman–Crippen MR) is 97.4 cm³/mol. The Morgan fingerprint density at radius 2 is 1.92 bits per heavy atom. The molecule has 0 fully saturated rings. The van der Waals surface area contributed by atoms with E-state index in [0.717, 1.165) is 38.9 Å². The average molecular weight is 337 g/mol. The smallest absolute Gasteiger partial charge is 0.148 e. The van der Waals surface area contributed by atoms with Crippen LogP contribution in [0.5, 0.6) is 5.75 Å². The molecule has 0 bridgehead atoms. The molecule has 4 nitrogen and oxygen atoms in total. The molecule has 0 radical (unpaired) electrons. The van der Waals surface area contributed by atoms with Crippen LogP contribution in [0, 0.1) is 13.8 Å². The zero-order valence-electron chi connectivity index (χ0n) is 13.7. The molecule has 4 rings (SSSR count). The Balaban J connectivity index is 1.90. The van der Waals surface area contributed by atoms with Gasteiger partial charge in [0.1, 0.15) is 21.9 Å². The maximum absolute atomic E-state index is 6.14. The van der Waals surface area contributed by atoms with E-state index < -0.39 is 0 Å². The van der Waals surface area contributed by atoms with Crippen LogP contribution < -0.4 is 10.5 Å². The first kappa shape index (κ1) is 15.3. The lowest BCUT2D eigenvalue weighted by molar-refractivity contribution is 0.242. The summed E-state index contributed by atoms with van der Waals surface area (Å²) in [5, 5.41) is 10.4. The summed E-state index contributed by atoms with van der Waals surface area (Å²) in [4.78, 5) is 0. The largest absolute Gasteiger partial charge is 0.488 e. The SMILES string of the molecule is Cc1cc2c(c(-c3ccccc3-c3nnc(C)s3)c1)O[C@H](CN)C2. The third-order valence-corrected chi connectivity index (χ3v) is 5.15. The highest BCUT2D eigenvalue weighted by atomic mass is 32.1. The van der Waals surface area contributed by atoms with E-state index >= 15 is 0 Å². The molecule has 2 aromatic carbocycles. The summed E-state index contributed by atoms with van der Waals surface area (Å²) in [6.45, 7) is 4.63. The molecule has 2 heterocycles. The molecule has 24 heavy (non-hydrogen) atoms. The zero-order valence-corrected chi connectivity index (χ0v) is 14.6. The second-order valence-corrected chi connectivity index (χ2v) is 7.33. The molecule has 0 saturated heterocycles. The van der Waals surface area contributed by atoms with E-state index in [1.165, 1.54) is 11.1 Å². The van der Waals surface area contributed by atoms with Crippen molar-refractivity contribution in [3.05, 3.63) is 52.5 Å². The first-order chi connectivity index (χ1) is 11.7. The topological polar surface area (TPSA) is 61.0 Å². The number of nitrogens with zero attached hydrogens (tertiary/aromatic N) is 2. The van der Waals surface area contributed by atoms with Gasteiger partial charge in [0, 0.05) is 24.1 Å². The van der Waals surface area contributed by atoms with Crippen molar-refractivity contribution in [1.29, 1.82) is 0 Å². The van der Waals surface area contributed by atoms with Crippen molar-refractivity contribution in [3.8, 4) is 27.4 Å². The van der Waals surface area contributed by atoms with Crippen LogP contribution in [-0.2, 0) is 6.42 Å². The maximum atomic E-state index is 6.14. The van der Waals surface area contributed by atoms with Crippen LogP contribution in [0.1, 0.15) is 16.1 Å². The quantitative estimate of drug-likeness (QED) is 0.791. The Morgan fingerprint density at radius 1 is 1.12 bits per heavy atom. The standard InChI is InChI=1S/C19H19N3OS/c1-11-7-13-9-14(10-20)23-18(13)17(8-11)15-5-3-4-6-16(15)19-22-21-12(2)24-19/h3-8,14H,9-10,20H2,1-2H3/t14-/m0/s1. The average Bonchev–Trinajstić information content (AvgIpc) is 3.20. The third kappa shape index (κ3) is 2.60. The second-order valence-electron chi connectivity index (χ2n) is 6.15. The fourth-order valence-corrected chi connectivity index (χ4v) is 3.97. The molecule has 0 spiro atoms. The first-order valence-electron chi connectivity index (χ1n) is 8.06. The zero-order chi connectivity index (χ0) is 16.7. The lowest BCUT2D eigenvalue weighted by atomic mass is 9.95. The van der Waals surface area contributed by atoms with Crippen LogP contribution in [-0.4, -0.2) is 22.8 Å². The van der Waals surface area contributed by atoms with Gasteiger partial charge in [-0.25, -0.2) is 0 Å². The fourth-order valence-electron chi connectivity index (χ4n) is 3.23. The predicted octanol–water partition coefficient (Wildman–Crippen LogP) is 3.75. The van der Waals surface area contributed by atoms with Gasteiger partial charge in [-0.3, -0.25) is 0 Å². The molecule has 0 aliphatic carbocycles. The molecule has 1 aliphatic heterocycles. The van der Waals surface area contributed by atoms with Gasteiger partial charge >= 0.3 is 0 Å². The van der Waals surface area contributed by atoms with Gasteiger partial charge in [-0.05, 0) is 36.6 Å². The molecule has 3 aromatic rings. The molecule has 1 aromatic heterocycles. The molecular weight excluding hydrogens is 318 g/mol. The van der Waals surface area contributed by atoms with E-state index in [1.54, 1.807) is 11.3 Å². The highest BCUT2D eigenvalue weighted by Crippen LogP contribution is 2.43. The minimum Gasteiger partial charge on any atom is -0.488 e. The van der Waals surface area contributed by atoms with Crippen molar-refractivity contribution in [3.63, 3.8) is 0 Å². The molecule has 0 unspecified atom stereocenters. The lowest BCUT2D eigenvalue weighted by Crippen LogP contribution is -2.24. The number of nitrogens with two attached hydrogens (primary N) is 1. The number of rotatable bonds is 3. The Kier molecular flexibility index (Phi) is 3.82. The maximum Gasteiger partial charge on any atom is 0.148 e. The van der Waals surface area contributed by atoms with E-state index in [9.17, 15) is 0 Å². The van der Waals surface area contributed by atoms with Gasteiger partial charge < -0.3 is 10.5 Å². The van der Waals surface area contributed by atoms with E-state index in [4.69, 9.17) is 10.5 Å². The van der Waals surface area contributed by atoms with Crippen molar-refractivity contribution in [2.24, 2.45) is 5.73 Å². The number of ether oxygens (including phenoxy) is 1. The number of aromatic nitrogens is 2. The summed E-state index contributed by atoms with van der Waals surface area (Å²) in [6.07, 6.45) is 0.942. The van der Waals surface area contributed by atoms with Crippen LogP contribution in [0.15, 0.2) is 36.4 Å². The Labute approximate surface area is 145 Å². The van der Waals surface area contributed by atoms with Gasteiger partial charge in [0.2, 0.25) is 0 Å². The molecule has 122 valence electrons. The minimum absolute atomic E-state index is 0.0662. The molecule has 0 amide bonds. The van der Waals surface area contributed by atoms with Crippen LogP contribution in [0.3, 0.4) is 0 Å². The Bertz CT molecular complexity index is 903. The number of hydrogen-bond donors (Lipinski definition) is 1. The molecule has 1 aliphatic rings. The summed E-state index contributed by atoms with van der Waals surface area (Å²) >= 11 is 1.61. The molecule has 0 saturated carbocycles. The fraction of sp³-hybridized carbons (Fsp3) is 0.263. The van der Waals surface area contributed by atoms with Crippen molar-refractivity contribution >= 4 is 11.3 Å². The number of aryl methyl sites for hydroxylation is 2. The molecule has 5 heteroatoms. The number of benzene rings is 2. The monoisotopic (exact) mass is 337 g/mol. The minimum atomic E-state index is 0.0662. The van der Waals surface area contributed by atoms with Crippen molar-refractivity contribution in [2.45, 2.75) is 26.4 Å². The lowest BCUT2D eigenvalue weighted by Gasteiger charge is -2.14. The van der Waals surface area contributed by atoms with Gasteiger partial charge in [0.05, 0.1) is 0 Å². The third-order valence-electron chi connectivity index (χ3n) is 4.28. The summed E-state index contributed by atoms with van der Waals surface area (Å²) in [5.41, 5.74) is 11.6. The van der Waals surface area contributed by atoms with Crippen molar-refractivity contribution in [1.82, 2.24) is 10.2 Å². The van der Waals surface area contributed by atoms with E-state index in [2.05, 4.69) is 47.5 Å². The van der Waals surface area contributed by atoms with Crippen molar-refractivity contribution in [2.75, 3.05) is 6.54 Å². The van der Waals surface area contributed by atoms with Crippen LogP contribution in [0.2, 0.25) is 0 Å². The summed E-state index contributed by atoms with van der Waals surface area (Å²) in [6, 6.07) is 12.7. The van der Waals surface area contributed by atoms with Crippen molar-refractivity contribution < 1.29 is 4.74 Å². The normalized spacial score (nSPS) is 16.0. The molecule has 2 N–H and O–H groups in total. The highest BCUT2D eigenvalue weighted by Gasteiger charge is 2.26. The second kappa shape index (κ2) is 6.00. The summed E-state index contributed by atoms with van der Waals surface area (Å²) < 4.78 is 6.14. The van der Waals surface area contributed by atoms with Gasteiger partial charge in [-0.15, -0.1) is 10.2 Å². The molecular formula is C19H19N3OS.